The van der Waals surface area contributed by atoms with Gasteiger partial charge in [0.25, 0.3) is 5.69 Å². The smallest absolute Gasteiger partial charge is 0.356 e. The summed E-state index contributed by atoms with van der Waals surface area (Å²) in [5.41, 5.74) is 1.16. The number of hydrogen-bond donors (Lipinski definition) is 1. The van der Waals surface area contributed by atoms with Gasteiger partial charge in [0.05, 0.1) is 10.6 Å². The van der Waals surface area contributed by atoms with E-state index in [0.29, 0.717) is 11.3 Å². The molecule has 1 aromatic carbocycles. The molecule has 0 radical (unpaired) electrons. The van der Waals surface area contributed by atoms with Crippen LogP contribution in [0.2, 0.25) is 0 Å². The second-order valence-electron chi connectivity index (χ2n) is 3.68. The molecule has 2 rings (SSSR count). The normalized spacial score (nSPS) is 10.3. The van der Waals surface area contributed by atoms with Crippen LogP contribution >= 0.6 is 0 Å². The van der Waals surface area contributed by atoms with Crippen molar-refractivity contribution in [1.82, 2.24) is 9.78 Å². The molecule has 92 valence electrons. The molecule has 0 atom stereocenters. The van der Waals surface area contributed by atoms with Gasteiger partial charge in [0.2, 0.25) is 0 Å². The van der Waals surface area contributed by atoms with Crippen LogP contribution in [0.1, 0.15) is 16.1 Å². The Labute approximate surface area is 101 Å². The van der Waals surface area contributed by atoms with Crippen molar-refractivity contribution in [2.45, 2.75) is 6.92 Å². The molecule has 7 heteroatoms. The third-order valence-electron chi connectivity index (χ3n) is 2.45. The van der Waals surface area contributed by atoms with Gasteiger partial charge in [0.1, 0.15) is 0 Å². The van der Waals surface area contributed by atoms with Crippen molar-refractivity contribution in [3.8, 4) is 5.69 Å². The van der Waals surface area contributed by atoms with Gasteiger partial charge in [-0.15, -0.1) is 0 Å². The first-order chi connectivity index (χ1) is 8.49. The third-order valence-corrected chi connectivity index (χ3v) is 2.45. The number of carboxylic acid groups (broad SMARTS) is 1. The highest BCUT2D eigenvalue weighted by Gasteiger charge is 2.12. The quantitative estimate of drug-likeness (QED) is 0.658. The average molecular weight is 247 g/mol. The fourth-order valence-corrected chi connectivity index (χ4v) is 1.58. The second kappa shape index (κ2) is 4.28. The summed E-state index contributed by atoms with van der Waals surface area (Å²) in [5.74, 6) is -1.12. The molecule has 0 aliphatic heterocycles. The van der Waals surface area contributed by atoms with Crippen LogP contribution in [0.4, 0.5) is 5.69 Å². The Morgan fingerprint density at radius 3 is 2.67 bits per heavy atom. The van der Waals surface area contributed by atoms with Crippen molar-refractivity contribution in [3.63, 3.8) is 0 Å². The highest BCUT2D eigenvalue weighted by atomic mass is 16.6. The number of carboxylic acids is 1. The van der Waals surface area contributed by atoms with Gasteiger partial charge in [0.15, 0.2) is 5.69 Å². The molecule has 0 aliphatic rings. The van der Waals surface area contributed by atoms with Crippen LogP contribution in [-0.4, -0.2) is 25.8 Å². The number of aromatic carboxylic acids is 1. The van der Waals surface area contributed by atoms with Crippen molar-refractivity contribution < 1.29 is 14.8 Å². The molecule has 0 saturated carbocycles. The first-order valence-electron chi connectivity index (χ1n) is 5.03. The lowest BCUT2D eigenvalue weighted by Gasteiger charge is -2.05. The summed E-state index contributed by atoms with van der Waals surface area (Å²) in [4.78, 5) is 20.8. The molecule has 1 aromatic heterocycles. The highest BCUT2D eigenvalue weighted by Crippen LogP contribution is 2.20. The van der Waals surface area contributed by atoms with Gasteiger partial charge >= 0.3 is 5.97 Å². The van der Waals surface area contributed by atoms with Crippen molar-refractivity contribution in [2.75, 3.05) is 0 Å². The zero-order valence-electron chi connectivity index (χ0n) is 9.40. The third kappa shape index (κ3) is 2.05. The molecule has 7 nitrogen and oxygen atoms in total. The predicted molar refractivity (Wildman–Crippen MR) is 61.9 cm³/mol. The number of carbonyl (C=O) groups is 1. The summed E-state index contributed by atoms with van der Waals surface area (Å²) >= 11 is 0. The molecule has 18 heavy (non-hydrogen) atoms. The molecule has 0 unspecified atom stereocenters. The van der Waals surface area contributed by atoms with E-state index >= 15 is 0 Å². The molecular weight excluding hydrogens is 238 g/mol. The van der Waals surface area contributed by atoms with E-state index in [-0.39, 0.29) is 11.4 Å². The van der Waals surface area contributed by atoms with E-state index in [4.69, 9.17) is 5.11 Å². The number of hydrogen-bond acceptors (Lipinski definition) is 4. The first kappa shape index (κ1) is 11.8. The highest BCUT2D eigenvalue weighted by molar-refractivity contribution is 5.85. The Morgan fingerprint density at radius 1 is 1.44 bits per heavy atom. The lowest BCUT2D eigenvalue weighted by Crippen LogP contribution is -2.02. The molecule has 0 bridgehead atoms. The van der Waals surface area contributed by atoms with Gasteiger partial charge in [-0.3, -0.25) is 10.1 Å². The standard InChI is InChI=1S/C11H9N3O4/c1-7-6-8(14(17)18)2-3-10(7)13-5-4-9(12-13)11(15)16/h2-6H,1H3,(H,15,16). The topological polar surface area (TPSA) is 98.3 Å². The average Bonchev–Trinajstić information content (AvgIpc) is 2.78. The van der Waals surface area contributed by atoms with E-state index in [0.717, 1.165) is 0 Å². The van der Waals surface area contributed by atoms with Gasteiger partial charge in [0, 0.05) is 18.3 Å². The van der Waals surface area contributed by atoms with E-state index < -0.39 is 10.9 Å². The van der Waals surface area contributed by atoms with E-state index in [1.54, 1.807) is 6.92 Å². The molecule has 2 aromatic rings. The molecule has 1 N–H and O–H groups in total. The van der Waals surface area contributed by atoms with Crippen LogP contribution in [0.3, 0.4) is 0 Å². The summed E-state index contributed by atoms with van der Waals surface area (Å²) in [6.45, 7) is 1.70. The maximum Gasteiger partial charge on any atom is 0.356 e. The van der Waals surface area contributed by atoms with E-state index in [1.807, 2.05) is 0 Å². The molecule has 0 spiro atoms. The fourth-order valence-electron chi connectivity index (χ4n) is 1.58. The Morgan fingerprint density at radius 2 is 2.17 bits per heavy atom. The van der Waals surface area contributed by atoms with Gasteiger partial charge < -0.3 is 5.11 Å². The summed E-state index contributed by atoms with van der Waals surface area (Å²) < 4.78 is 1.38. The lowest BCUT2D eigenvalue weighted by atomic mass is 10.2. The summed E-state index contributed by atoms with van der Waals surface area (Å²) in [6, 6.07) is 5.66. The van der Waals surface area contributed by atoms with Crippen LogP contribution < -0.4 is 0 Å². The Kier molecular flexibility index (Phi) is 2.80. The van der Waals surface area contributed by atoms with Gasteiger partial charge in [-0.25, -0.2) is 9.48 Å². The minimum atomic E-state index is -1.12. The van der Waals surface area contributed by atoms with Crippen molar-refractivity contribution in [3.05, 3.63) is 51.8 Å². The largest absolute Gasteiger partial charge is 0.476 e. The number of nitrogens with zero attached hydrogens (tertiary/aromatic N) is 3. The van der Waals surface area contributed by atoms with Gasteiger partial charge in [-0.1, -0.05) is 0 Å². The van der Waals surface area contributed by atoms with Crippen LogP contribution in [0, 0.1) is 17.0 Å². The number of nitro groups is 1. The summed E-state index contributed by atoms with van der Waals surface area (Å²) in [6.07, 6.45) is 1.50. The van der Waals surface area contributed by atoms with Crippen LogP contribution in [0.25, 0.3) is 5.69 Å². The molecule has 0 saturated heterocycles. The van der Waals surface area contributed by atoms with Crippen molar-refractivity contribution in [2.24, 2.45) is 0 Å². The SMILES string of the molecule is Cc1cc([N+](=O)[O-])ccc1-n1ccc(C(=O)O)n1. The molecule has 0 aliphatic carbocycles. The van der Waals surface area contributed by atoms with Gasteiger partial charge in [-0.2, -0.15) is 5.10 Å². The summed E-state index contributed by atoms with van der Waals surface area (Å²) in [5, 5.41) is 23.2. The number of non-ortho nitro benzene ring substituents is 1. The zero-order chi connectivity index (χ0) is 13.3. The monoisotopic (exact) mass is 247 g/mol. The van der Waals surface area contributed by atoms with E-state index in [9.17, 15) is 14.9 Å². The number of nitro benzene ring substituents is 1. The Balaban J connectivity index is 2.44. The maximum atomic E-state index is 10.7. The van der Waals surface area contributed by atoms with Gasteiger partial charge in [-0.05, 0) is 24.6 Å². The minimum absolute atomic E-state index is 0.0122. The number of rotatable bonds is 3. The number of benzene rings is 1. The predicted octanol–water partition coefficient (Wildman–Crippen LogP) is 1.79. The van der Waals surface area contributed by atoms with Crippen molar-refractivity contribution in [1.29, 1.82) is 0 Å². The van der Waals surface area contributed by atoms with E-state index in [1.165, 1.54) is 35.1 Å². The fraction of sp³-hybridized carbons (Fsp3) is 0.0909. The molecule has 1 heterocycles. The Bertz CT molecular complexity index is 633. The molecular formula is C11H9N3O4. The Hall–Kier alpha value is -2.70. The number of aromatic nitrogens is 2. The number of aryl methyl sites for hydroxylation is 1. The maximum absolute atomic E-state index is 10.7. The van der Waals surface area contributed by atoms with Crippen LogP contribution in [0.15, 0.2) is 30.5 Å². The minimum Gasteiger partial charge on any atom is -0.476 e. The zero-order valence-corrected chi connectivity index (χ0v) is 9.40. The van der Waals surface area contributed by atoms with Crippen LogP contribution in [0.5, 0.6) is 0 Å². The molecule has 0 fully saturated rings. The molecule has 0 amide bonds. The second-order valence-corrected chi connectivity index (χ2v) is 3.68. The van der Waals surface area contributed by atoms with E-state index in [2.05, 4.69) is 5.10 Å². The first-order valence-corrected chi connectivity index (χ1v) is 5.03. The van der Waals surface area contributed by atoms with Crippen molar-refractivity contribution >= 4 is 11.7 Å². The van der Waals surface area contributed by atoms with Crippen LogP contribution in [-0.2, 0) is 0 Å². The lowest BCUT2D eigenvalue weighted by molar-refractivity contribution is -0.384. The summed E-state index contributed by atoms with van der Waals surface area (Å²) in [7, 11) is 0.